The molecule has 3 aromatic carbocycles. The topological polar surface area (TPSA) is 133 Å². The molecule has 0 aliphatic heterocycles. The summed E-state index contributed by atoms with van der Waals surface area (Å²) in [5.74, 6) is 1.05. The van der Waals surface area contributed by atoms with Gasteiger partial charge in [-0.05, 0) is 96.8 Å². The molecule has 45 heavy (non-hydrogen) atoms. The van der Waals surface area contributed by atoms with Crippen molar-refractivity contribution in [1.82, 2.24) is 19.9 Å². The average Bonchev–Trinajstić information content (AvgIpc) is 3.57. The van der Waals surface area contributed by atoms with Crippen LogP contribution in [-0.2, 0) is 0 Å². The fraction of sp³-hybridized carbons (Fsp3) is 0.114. The molecule has 7 aromatic rings. The number of nitrogen functional groups attached to an aromatic ring is 1. The largest absolute Gasteiger partial charge is 0.441 e. The molecule has 224 valence electrons. The highest BCUT2D eigenvalue weighted by atomic mass is 19.1. The Balaban J connectivity index is 0.000000172. The van der Waals surface area contributed by atoms with Gasteiger partial charge in [-0.2, -0.15) is 0 Å². The Morgan fingerprint density at radius 3 is 1.80 bits per heavy atom. The van der Waals surface area contributed by atoms with Crippen LogP contribution >= 0.6 is 0 Å². The lowest BCUT2D eigenvalue weighted by Crippen LogP contribution is -2.14. The molecule has 7 rings (SSSR count). The Labute approximate surface area is 258 Å². The number of halogens is 1. The molecule has 0 unspecified atom stereocenters. The van der Waals surface area contributed by atoms with Crippen LogP contribution in [0.15, 0.2) is 94.0 Å². The van der Waals surface area contributed by atoms with E-state index >= 15 is 0 Å². The molecule has 0 spiro atoms. The second kappa shape index (κ2) is 12.0. The van der Waals surface area contributed by atoms with Crippen molar-refractivity contribution in [2.75, 3.05) is 11.1 Å². The highest BCUT2D eigenvalue weighted by Gasteiger charge is 2.13. The number of nitrogens with two attached hydrogens (primary N) is 1. The molecule has 0 saturated carbocycles. The molecule has 0 saturated heterocycles. The molecule has 0 radical (unpaired) electrons. The maximum absolute atomic E-state index is 13.7. The minimum absolute atomic E-state index is 0.0228. The number of pyridine rings is 2. The van der Waals surface area contributed by atoms with E-state index in [2.05, 4.69) is 32.2 Å². The highest BCUT2D eigenvalue weighted by Crippen LogP contribution is 2.30. The summed E-state index contributed by atoms with van der Waals surface area (Å²) in [4.78, 5) is 29.2. The number of anilines is 2. The van der Waals surface area contributed by atoms with Crippen molar-refractivity contribution in [1.29, 1.82) is 0 Å². The van der Waals surface area contributed by atoms with E-state index < -0.39 is 11.7 Å². The fourth-order valence-corrected chi connectivity index (χ4v) is 5.03. The Kier molecular flexibility index (Phi) is 7.78. The number of carbonyl (C=O) groups is 1. The Morgan fingerprint density at radius 1 is 0.733 bits per heavy atom. The number of aromatic nitrogens is 4. The van der Waals surface area contributed by atoms with Crippen molar-refractivity contribution in [2.45, 2.75) is 27.7 Å². The van der Waals surface area contributed by atoms with Crippen molar-refractivity contribution in [3.05, 3.63) is 119 Å². The Hall–Kier alpha value is -5.90. The minimum Gasteiger partial charge on any atom is -0.441 e. The number of oxazole rings is 2. The van der Waals surface area contributed by atoms with E-state index in [-0.39, 0.29) is 5.56 Å². The minimum atomic E-state index is -0.571. The first-order valence-electron chi connectivity index (χ1n) is 14.1. The van der Waals surface area contributed by atoms with Gasteiger partial charge in [0.15, 0.2) is 22.9 Å². The molecule has 0 fully saturated rings. The van der Waals surface area contributed by atoms with Crippen molar-refractivity contribution in [3.63, 3.8) is 0 Å². The molecule has 0 bridgehead atoms. The maximum Gasteiger partial charge on any atom is 0.259 e. The van der Waals surface area contributed by atoms with Gasteiger partial charge in [0.05, 0.1) is 5.56 Å². The van der Waals surface area contributed by atoms with Crippen LogP contribution in [0.1, 0.15) is 33.3 Å². The number of carbonyl (C=O) groups excluding carboxylic acids is 1. The number of amides is 1. The van der Waals surface area contributed by atoms with Crippen molar-refractivity contribution >= 4 is 39.7 Å². The number of nitrogens with one attached hydrogen (secondary N) is 1. The molecule has 4 heterocycles. The molecule has 0 atom stereocenters. The maximum atomic E-state index is 13.7. The van der Waals surface area contributed by atoms with Gasteiger partial charge in [0.2, 0.25) is 0 Å². The van der Waals surface area contributed by atoms with E-state index in [1.807, 2.05) is 57.2 Å². The van der Waals surface area contributed by atoms with Gasteiger partial charge < -0.3 is 19.9 Å². The van der Waals surface area contributed by atoms with E-state index in [1.54, 1.807) is 30.6 Å². The number of rotatable bonds is 4. The van der Waals surface area contributed by atoms with Crippen LogP contribution in [0.5, 0.6) is 0 Å². The second-order valence-corrected chi connectivity index (χ2v) is 10.6. The summed E-state index contributed by atoms with van der Waals surface area (Å²) < 4.78 is 24.9. The number of hydrogen-bond donors (Lipinski definition) is 2. The molecular weight excluding hydrogens is 571 g/mol. The van der Waals surface area contributed by atoms with E-state index in [9.17, 15) is 9.18 Å². The van der Waals surface area contributed by atoms with Crippen molar-refractivity contribution in [2.24, 2.45) is 0 Å². The van der Waals surface area contributed by atoms with Gasteiger partial charge in [-0.15, -0.1) is 0 Å². The lowest BCUT2D eigenvalue weighted by Gasteiger charge is -2.08. The predicted octanol–water partition coefficient (Wildman–Crippen LogP) is 7.99. The summed E-state index contributed by atoms with van der Waals surface area (Å²) in [6, 6.07) is 21.0. The average molecular weight is 601 g/mol. The van der Waals surface area contributed by atoms with E-state index in [0.717, 1.165) is 50.0 Å². The number of aryl methyl sites for hydroxylation is 4. The number of hydrogen-bond acceptors (Lipinski definition) is 8. The summed E-state index contributed by atoms with van der Waals surface area (Å²) in [7, 11) is 0. The van der Waals surface area contributed by atoms with Gasteiger partial charge in [-0.3, -0.25) is 4.79 Å². The summed E-state index contributed by atoms with van der Waals surface area (Å²) in [5, 5.41) is 2.61. The van der Waals surface area contributed by atoms with Gasteiger partial charge in [-0.25, -0.2) is 24.3 Å². The highest BCUT2D eigenvalue weighted by molar-refractivity contribution is 6.04. The molecule has 3 N–H and O–H groups in total. The van der Waals surface area contributed by atoms with Crippen LogP contribution in [0.4, 0.5) is 16.0 Å². The number of nitrogens with zero attached hydrogens (tertiary/aromatic N) is 4. The van der Waals surface area contributed by atoms with Crippen molar-refractivity contribution in [3.8, 4) is 22.3 Å². The van der Waals surface area contributed by atoms with Crippen LogP contribution in [0, 0.1) is 33.5 Å². The zero-order valence-corrected chi connectivity index (χ0v) is 25.1. The van der Waals surface area contributed by atoms with Gasteiger partial charge >= 0.3 is 0 Å². The standard InChI is InChI=1S/C21H16FN3O2.C14H13N3O/c1-12-9-18-19(27-13(2)24-18)10-16(12)14-7-8-20(23-11-14)25-21(26)15-5-3-4-6-17(15)22;1-8-5-12-13(18-9(2)17-12)6-11(8)10-3-4-14(15)16-7-10/h3-11H,1-2H3,(H,23,25,26);3-7H,1-2H3,(H2,15,16). The van der Waals surface area contributed by atoms with E-state index in [0.29, 0.717) is 29.0 Å². The Morgan fingerprint density at radius 2 is 1.29 bits per heavy atom. The zero-order valence-electron chi connectivity index (χ0n) is 25.1. The van der Waals surface area contributed by atoms with Crippen LogP contribution in [0.2, 0.25) is 0 Å². The van der Waals surface area contributed by atoms with Gasteiger partial charge in [0, 0.05) is 37.4 Å². The summed E-state index contributed by atoms with van der Waals surface area (Å²) in [5.41, 5.74) is 14.9. The third kappa shape index (κ3) is 6.25. The van der Waals surface area contributed by atoms with Crippen LogP contribution < -0.4 is 11.1 Å². The normalized spacial score (nSPS) is 11.0. The molecule has 4 aromatic heterocycles. The molecule has 1 amide bonds. The SMILES string of the molecule is Cc1nc2cc(C)c(-c3ccc(N)nc3)cc2o1.Cc1nc2cc(C)c(-c3ccc(NC(=O)c4ccccc4F)nc3)cc2o1. The number of fused-ring (bicyclic) bond motifs is 2. The van der Waals surface area contributed by atoms with Crippen LogP contribution in [0.25, 0.3) is 44.5 Å². The lowest BCUT2D eigenvalue weighted by molar-refractivity contribution is 0.102. The second-order valence-electron chi connectivity index (χ2n) is 10.6. The zero-order chi connectivity index (χ0) is 31.7. The van der Waals surface area contributed by atoms with Gasteiger partial charge in [-0.1, -0.05) is 12.1 Å². The predicted molar refractivity (Wildman–Crippen MR) is 172 cm³/mol. The molecule has 0 aliphatic rings. The first-order valence-corrected chi connectivity index (χ1v) is 14.1. The van der Waals surface area contributed by atoms with E-state index in [4.69, 9.17) is 14.6 Å². The monoisotopic (exact) mass is 600 g/mol. The fourth-order valence-electron chi connectivity index (χ4n) is 5.03. The van der Waals surface area contributed by atoms with Crippen LogP contribution in [0.3, 0.4) is 0 Å². The molecule has 10 heteroatoms. The van der Waals surface area contributed by atoms with Gasteiger partial charge in [0.1, 0.15) is 28.5 Å². The molecule has 0 aliphatic carbocycles. The first kappa shape index (κ1) is 29.2. The summed E-state index contributed by atoms with van der Waals surface area (Å²) >= 11 is 0. The smallest absolute Gasteiger partial charge is 0.259 e. The lowest BCUT2D eigenvalue weighted by atomic mass is 10.0. The number of benzene rings is 3. The third-order valence-corrected chi connectivity index (χ3v) is 7.21. The van der Waals surface area contributed by atoms with Gasteiger partial charge in [0.25, 0.3) is 5.91 Å². The summed E-state index contributed by atoms with van der Waals surface area (Å²) in [6.45, 7) is 7.70. The summed E-state index contributed by atoms with van der Waals surface area (Å²) in [6.07, 6.45) is 3.43. The first-order chi connectivity index (χ1) is 21.6. The molecular formula is C35H29FN6O3. The third-order valence-electron chi connectivity index (χ3n) is 7.21. The quantitative estimate of drug-likeness (QED) is 0.208. The van der Waals surface area contributed by atoms with Crippen LogP contribution in [-0.4, -0.2) is 25.8 Å². The van der Waals surface area contributed by atoms with E-state index in [1.165, 1.54) is 18.2 Å². The van der Waals surface area contributed by atoms with Crippen molar-refractivity contribution < 1.29 is 18.0 Å². The molecule has 9 nitrogen and oxygen atoms in total. The Bertz CT molecular complexity index is 2170.